The van der Waals surface area contributed by atoms with Crippen molar-refractivity contribution in [2.45, 2.75) is 17.7 Å². The molecule has 0 atom stereocenters. The molecule has 1 fully saturated rings. The number of benzene rings is 1. The molecule has 1 aliphatic heterocycles. The van der Waals surface area contributed by atoms with Gasteiger partial charge in [-0.2, -0.15) is 4.31 Å². The maximum absolute atomic E-state index is 12.5. The summed E-state index contributed by atoms with van der Waals surface area (Å²) < 4.78 is 31.3. The third-order valence-corrected chi connectivity index (χ3v) is 6.31. The first-order chi connectivity index (χ1) is 12.9. The van der Waals surface area contributed by atoms with Crippen molar-refractivity contribution in [3.8, 4) is 0 Å². The van der Waals surface area contributed by atoms with E-state index in [1.807, 2.05) is 0 Å². The molecule has 0 bridgehead atoms. The van der Waals surface area contributed by atoms with Gasteiger partial charge >= 0.3 is 5.97 Å². The number of hydrogen-bond acceptors (Lipinski definition) is 6. The number of esters is 1. The molecule has 0 unspecified atom stereocenters. The van der Waals surface area contributed by atoms with E-state index in [4.69, 9.17) is 16.3 Å². The zero-order valence-corrected chi connectivity index (χ0v) is 15.9. The van der Waals surface area contributed by atoms with Crippen LogP contribution in [0.5, 0.6) is 0 Å². The lowest BCUT2D eigenvalue weighted by Gasteiger charge is -2.15. The molecule has 142 valence electrons. The molecule has 0 aliphatic carbocycles. The monoisotopic (exact) mass is 408 g/mol. The van der Waals surface area contributed by atoms with Crippen molar-refractivity contribution in [2.75, 3.05) is 19.7 Å². The summed E-state index contributed by atoms with van der Waals surface area (Å²) in [5.74, 6) is -1.13. The van der Waals surface area contributed by atoms with Gasteiger partial charge in [0.15, 0.2) is 12.4 Å². The minimum Gasteiger partial charge on any atom is -0.454 e. The first-order valence-electron chi connectivity index (χ1n) is 8.30. The van der Waals surface area contributed by atoms with Crippen molar-refractivity contribution < 1.29 is 22.7 Å². The van der Waals surface area contributed by atoms with Gasteiger partial charge in [0, 0.05) is 24.8 Å². The number of aromatic nitrogens is 1. The number of halogens is 1. The SMILES string of the molecule is O=C(COC(=O)c1ccc(Cl)nc1)c1ccc(S(=O)(=O)N2CCCC2)cc1. The van der Waals surface area contributed by atoms with E-state index >= 15 is 0 Å². The van der Waals surface area contributed by atoms with E-state index < -0.39 is 28.4 Å². The van der Waals surface area contributed by atoms with Crippen LogP contribution in [0, 0.1) is 0 Å². The van der Waals surface area contributed by atoms with Crippen LogP contribution in [0.4, 0.5) is 0 Å². The maximum Gasteiger partial charge on any atom is 0.340 e. The van der Waals surface area contributed by atoms with Gasteiger partial charge in [0.25, 0.3) is 0 Å². The first kappa shape index (κ1) is 19.5. The van der Waals surface area contributed by atoms with E-state index in [1.165, 1.54) is 46.9 Å². The number of ketones is 1. The highest BCUT2D eigenvalue weighted by Gasteiger charge is 2.27. The fraction of sp³-hybridized carbons (Fsp3) is 0.278. The van der Waals surface area contributed by atoms with Crippen molar-refractivity contribution in [3.05, 3.63) is 58.9 Å². The molecule has 27 heavy (non-hydrogen) atoms. The number of rotatable bonds is 6. The number of carbonyl (C=O) groups excluding carboxylic acids is 2. The molecule has 0 radical (unpaired) electrons. The lowest BCUT2D eigenvalue weighted by Crippen LogP contribution is -2.27. The maximum atomic E-state index is 12.5. The van der Waals surface area contributed by atoms with Crippen LogP contribution in [-0.2, 0) is 14.8 Å². The quantitative estimate of drug-likeness (QED) is 0.414. The predicted octanol–water partition coefficient (Wildman–Crippen LogP) is 2.56. The van der Waals surface area contributed by atoms with E-state index in [9.17, 15) is 18.0 Å². The average molecular weight is 409 g/mol. The fourth-order valence-electron chi connectivity index (χ4n) is 2.68. The van der Waals surface area contributed by atoms with Crippen molar-refractivity contribution in [1.82, 2.24) is 9.29 Å². The summed E-state index contributed by atoms with van der Waals surface area (Å²) in [5.41, 5.74) is 0.441. The Morgan fingerprint density at radius 2 is 1.67 bits per heavy atom. The second-order valence-electron chi connectivity index (χ2n) is 6.00. The Morgan fingerprint density at radius 1 is 1.04 bits per heavy atom. The second kappa shape index (κ2) is 8.16. The van der Waals surface area contributed by atoms with Crippen LogP contribution < -0.4 is 0 Å². The summed E-state index contributed by atoms with van der Waals surface area (Å²) in [5, 5.41) is 0.242. The molecule has 7 nitrogen and oxygen atoms in total. The summed E-state index contributed by atoms with van der Waals surface area (Å²) >= 11 is 5.65. The van der Waals surface area contributed by atoms with Crippen LogP contribution in [0.25, 0.3) is 0 Å². The van der Waals surface area contributed by atoms with Crippen LogP contribution in [0.3, 0.4) is 0 Å². The van der Waals surface area contributed by atoms with Crippen LogP contribution in [0.1, 0.15) is 33.6 Å². The van der Waals surface area contributed by atoms with Gasteiger partial charge in [-0.3, -0.25) is 4.79 Å². The van der Waals surface area contributed by atoms with Crippen molar-refractivity contribution in [1.29, 1.82) is 0 Å². The van der Waals surface area contributed by atoms with Crippen LogP contribution >= 0.6 is 11.6 Å². The van der Waals surface area contributed by atoms with Gasteiger partial charge in [-0.1, -0.05) is 11.6 Å². The number of nitrogens with zero attached hydrogens (tertiary/aromatic N) is 2. The van der Waals surface area contributed by atoms with E-state index in [1.54, 1.807) is 0 Å². The van der Waals surface area contributed by atoms with Crippen LogP contribution in [0.15, 0.2) is 47.5 Å². The van der Waals surface area contributed by atoms with Crippen LogP contribution in [0.2, 0.25) is 5.15 Å². The first-order valence-corrected chi connectivity index (χ1v) is 10.1. The molecule has 2 aromatic rings. The van der Waals surface area contributed by atoms with Gasteiger partial charge in [-0.05, 0) is 49.2 Å². The number of hydrogen-bond donors (Lipinski definition) is 0. The van der Waals surface area contributed by atoms with Gasteiger partial charge in [0.1, 0.15) is 5.15 Å². The molecule has 1 saturated heterocycles. The third kappa shape index (κ3) is 4.52. The number of carbonyl (C=O) groups is 2. The molecule has 0 N–H and O–H groups in total. The highest BCUT2D eigenvalue weighted by Crippen LogP contribution is 2.21. The van der Waals surface area contributed by atoms with E-state index in [-0.39, 0.29) is 21.2 Å². The minimum absolute atomic E-state index is 0.144. The van der Waals surface area contributed by atoms with Gasteiger partial charge in [-0.25, -0.2) is 18.2 Å². The largest absolute Gasteiger partial charge is 0.454 e. The molecule has 1 aromatic carbocycles. The Hall–Kier alpha value is -2.29. The van der Waals surface area contributed by atoms with E-state index in [0.717, 1.165) is 12.8 Å². The van der Waals surface area contributed by atoms with Gasteiger partial charge in [0.2, 0.25) is 10.0 Å². The highest BCUT2D eigenvalue weighted by atomic mass is 35.5. The Morgan fingerprint density at radius 3 is 2.26 bits per heavy atom. The second-order valence-corrected chi connectivity index (χ2v) is 8.33. The minimum atomic E-state index is -3.53. The molecule has 0 amide bonds. The summed E-state index contributed by atoms with van der Waals surface area (Å²) in [7, 11) is -3.53. The molecule has 0 saturated carbocycles. The summed E-state index contributed by atoms with van der Waals surface area (Å²) in [6.07, 6.45) is 2.96. The van der Waals surface area contributed by atoms with Crippen molar-refractivity contribution >= 4 is 33.4 Å². The lowest BCUT2D eigenvalue weighted by atomic mass is 10.1. The topological polar surface area (TPSA) is 93.6 Å². The molecular weight excluding hydrogens is 392 g/mol. The van der Waals surface area contributed by atoms with Crippen molar-refractivity contribution in [3.63, 3.8) is 0 Å². The molecule has 1 aliphatic rings. The lowest BCUT2D eigenvalue weighted by molar-refractivity contribution is 0.0474. The van der Waals surface area contributed by atoms with Gasteiger partial charge in [-0.15, -0.1) is 0 Å². The number of sulfonamides is 1. The Labute approximate surface area is 162 Å². The average Bonchev–Trinajstić information content (AvgIpc) is 3.22. The summed E-state index contributed by atoms with van der Waals surface area (Å²) in [6, 6.07) is 8.52. The van der Waals surface area contributed by atoms with Crippen LogP contribution in [-0.4, -0.2) is 49.2 Å². The Balaban J connectivity index is 1.62. The highest BCUT2D eigenvalue weighted by molar-refractivity contribution is 7.89. The van der Waals surface area contributed by atoms with Crippen molar-refractivity contribution in [2.24, 2.45) is 0 Å². The van der Waals surface area contributed by atoms with Gasteiger partial charge in [0.05, 0.1) is 10.5 Å². The molecule has 9 heteroatoms. The zero-order valence-electron chi connectivity index (χ0n) is 14.3. The molecule has 2 heterocycles. The normalized spacial score (nSPS) is 14.9. The molecule has 0 spiro atoms. The molecular formula is C18H17ClN2O5S. The number of ether oxygens (including phenoxy) is 1. The number of pyridine rings is 1. The zero-order chi connectivity index (χ0) is 19.4. The number of Topliss-reactive ketones (excluding diaryl/α,β-unsaturated/α-hetero) is 1. The van der Waals surface area contributed by atoms with E-state index in [0.29, 0.717) is 13.1 Å². The Kier molecular flexibility index (Phi) is 5.88. The van der Waals surface area contributed by atoms with Gasteiger partial charge < -0.3 is 4.74 Å². The molecule has 1 aromatic heterocycles. The molecule has 3 rings (SSSR count). The Bertz CT molecular complexity index is 937. The predicted molar refractivity (Wildman–Crippen MR) is 98.3 cm³/mol. The smallest absolute Gasteiger partial charge is 0.340 e. The van der Waals surface area contributed by atoms with E-state index in [2.05, 4.69) is 4.98 Å². The third-order valence-electron chi connectivity index (χ3n) is 4.18. The standard InChI is InChI=1S/C18H17ClN2O5S/c19-17-8-5-14(11-20-17)18(23)26-12-16(22)13-3-6-15(7-4-13)27(24,25)21-9-1-2-10-21/h3-8,11H,1-2,9-10,12H2. The summed E-state index contributed by atoms with van der Waals surface area (Å²) in [6.45, 7) is 0.566. The summed E-state index contributed by atoms with van der Waals surface area (Å²) in [4.78, 5) is 28.0. The fourth-order valence-corrected chi connectivity index (χ4v) is 4.31.